The molecule has 0 radical (unpaired) electrons. The Labute approximate surface area is 91.8 Å². The molecular formula is C8H10BF3NO2S-. The third kappa shape index (κ3) is 3.44. The van der Waals surface area contributed by atoms with Crippen molar-refractivity contribution in [3.63, 3.8) is 0 Å². The van der Waals surface area contributed by atoms with Gasteiger partial charge >= 0.3 is 6.98 Å². The van der Waals surface area contributed by atoms with Crippen molar-refractivity contribution >= 4 is 28.2 Å². The van der Waals surface area contributed by atoms with E-state index in [1.165, 1.54) is 19.1 Å². The van der Waals surface area contributed by atoms with Gasteiger partial charge in [0, 0.05) is 5.69 Å². The number of anilines is 1. The van der Waals surface area contributed by atoms with Crippen molar-refractivity contribution < 1.29 is 21.4 Å². The highest BCUT2D eigenvalue weighted by atomic mass is 32.2. The van der Waals surface area contributed by atoms with Crippen molar-refractivity contribution in [2.24, 2.45) is 0 Å². The molecule has 0 atom stereocenters. The van der Waals surface area contributed by atoms with Crippen molar-refractivity contribution in [2.45, 2.75) is 6.92 Å². The number of benzene rings is 1. The van der Waals surface area contributed by atoms with Crippen LogP contribution in [0.25, 0.3) is 0 Å². The molecule has 16 heavy (non-hydrogen) atoms. The lowest BCUT2D eigenvalue weighted by atomic mass is 9.77. The minimum Gasteiger partial charge on any atom is -0.445 e. The van der Waals surface area contributed by atoms with Crippen LogP contribution in [-0.2, 0) is 10.0 Å². The van der Waals surface area contributed by atoms with E-state index in [0.717, 1.165) is 12.3 Å². The van der Waals surface area contributed by atoms with Crippen molar-refractivity contribution in [3.05, 3.63) is 23.8 Å². The van der Waals surface area contributed by atoms with Crippen molar-refractivity contribution in [3.8, 4) is 0 Å². The van der Waals surface area contributed by atoms with E-state index < -0.39 is 22.5 Å². The second kappa shape index (κ2) is 4.01. The normalized spacial score (nSPS) is 12.6. The van der Waals surface area contributed by atoms with Crippen LogP contribution in [0.5, 0.6) is 0 Å². The molecule has 0 aliphatic carbocycles. The molecule has 8 heteroatoms. The molecule has 0 heterocycles. The molecule has 0 bridgehead atoms. The van der Waals surface area contributed by atoms with Gasteiger partial charge in [-0.2, -0.15) is 0 Å². The SMILES string of the molecule is Cc1ccc(NS(C)(=O)=O)cc1[B-](F)(F)F. The summed E-state index contributed by atoms with van der Waals surface area (Å²) in [7, 11) is -3.56. The van der Waals surface area contributed by atoms with E-state index in [0.29, 0.717) is 0 Å². The van der Waals surface area contributed by atoms with Gasteiger partial charge in [0.25, 0.3) is 0 Å². The smallest absolute Gasteiger partial charge is 0.445 e. The number of nitrogens with one attached hydrogen (secondary N) is 1. The largest absolute Gasteiger partial charge is 0.509 e. The summed E-state index contributed by atoms with van der Waals surface area (Å²) in [6, 6.07) is 3.33. The fraction of sp³-hybridized carbons (Fsp3) is 0.250. The van der Waals surface area contributed by atoms with Gasteiger partial charge in [0.05, 0.1) is 6.26 Å². The Kier molecular flexibility index (Phi) is 3.23. The molecule has 0 aliphatic heterocycles. The summed E-state index contributed by atoms with van der Waals surface area (Å²) < 4.78 is 61.4. The van der Waals surface area contributed by atoms with Crippen LogP contribution >= 0.6 is 0 Å². The molecule has 1 aromatic rings. The quantitative estimate of drug-likeness (QED) is 0.827. The first kappa shape index (κ1) is 12.9. The summed E-state index contributed by atoms with van der Waals surface area (Å²) in [6.45, 7) is -3.80. The van der Waals surface area contributed by atoms with Crippen LogP contribution < -0.4 is 10.2 Å². The third-order valence-electron chi connectivity index (χ3n) is 1.94. The highest BCUT2D eigenvalue weighted by Gasteiger charge is 2.27. The minimum atomic E-state index is -5.13. The van der Waals surface area contributed by atoms with E-state index in [9.17, 15) is 21.4 Å². The average Bonchev–Trinajstić information content (AvgIpc) is 2.04. The number of halogens is 3. The van der Waals surface area contributed by atoms with Gasteiger partial charge in [-0.15, -0.1) is 5.46 Å². The molecule has 0 fully saturated rings. The van der Waals surface area contributed by atoms with E-state index in [-0.39, 0.29) is 11.3 Å². The van der Waals surface area contributed by atoms with E-state index in [1.807, 2.05) is 4.72 Å². The number of sulfonamides is 1. The van der Waals surface area contributed by atoms with Crippen LogP contribution in [-0.4, -0.2) is 21.7 Å². The molecule has 1 rings (SSSR count). The highest BCUT2D eigenvalue weighted by Crippen LogP contribution is 2.16. The van der Waals surface area contributed by atoms with E-state index in [1.54, 1.807) is 0 Å². The van der Waals surface area contributed by atoms with Crippen LogP contribution in [0.15, 0.2) is 18.2 Å². The van der Waals surface area contributed by atoms with Gasteiger partial charge in [-0.25, -0.2) is 8.42 Å². The third-order valence-corrected chi connectivity index (χ3v) is 2.54. The predicted octanol–water partition coefficient (Wildman–Crippen LogP) is 1.42. The number of aryl methyl sites for hydroxylation is 1. The molecule has 3 nitrogen and oxygen atoms in total. The summed E-state index contributed by atoms with van der Waals surface area (Å²) in [5, 5.41) is 0. The maximum atomic E-state index is 12.5. The topological polar surface area (TPSA) is 46.2 Å². The van der Waals surface area contributed by atoms with Crippen molar-refractivity contribution in [1.82, 2.24) is 0 Å². The van der Waals surface area contributed by atoms with Gasteiger partial charge < -0.3 is 12.9 Å². The average molecular weight is 252 g/mol. The van der Waals surface area contributed by atoms with Gasteiger partial charge in [0.15, 0.2) is 0 Å². The second-order valence-corrected chi connectivity index (χ2v) is 5.27. The molecule has 0 unspecified atom stereocenters. The van der Waals surface area contributed by atoms with Gasteiger partial charge in [-0.1, -0.05) is 17.7 Å². The van der Waals surface area contributed by atoms with Crippen molar-refractivity contribution in [2.75, 3.05) is 11.0 Å². The first-order chi connectivity index (χ1) is 7.09. The summed E-state index contributed by atoms with van der Waals surface area (Å²) in [4.78, 5) is 0. The summed E-state index contributed by atoms with van der Waals surface area (Å²) in [6.07, 6.45) is 0.880. The van der Waals surface area contributed by atoms with Gasteiger partial charge in [-0.3, -0.25) is 4.72 Å². The predicted molar refractivity (Wildman–Crippen MR) is 58.4 cm³/mol. The molecule has 0 aromatic heterocycles. The molecule has 0 saturated carbocycles. The number of rotatable bonds is 3. The lowest BCUT2D eigenvalue weighted by Gasteiger charge is -2.19. The molecule has 1 aromatic carbocycles. The Morgan fingerprint density at radius 2 is 1.81 bits per heavy atom. The fourth-order valence-corrected chi connectivity index (χ4v) is 1.83. The standard InChI is InChI=1S/C8H10BF3NO2S/c1-6-3-4-7(13-16(2,14)15)5-8(6)9(10,11)12/h3-5,13H,1-2H3/q-1. The fourth-order valence-electron chi connectivity index (χ4n) is 1.27. The number of hydrogen-bond acceptors (Lipinski definition) is 2. The van der Waals surface area contributed by atoms with Crippen LogP contribution in [0.4, 0.5) is 18.6 Å². The zero-order valence-electron chi connectivity index (χ0n) is 8.67. The molecular weight excluding hydrogens is 242 g/mol. The lowest BCUT2D eigenvalue weighted by molar-refractivity contribution is 0.500. The molecule has 1 N–H and O–H groups in total. The maximum Gasteiger partial charge on any atom is 0.509 e. The molecule has 0 saturated heterocycles. The Morgan fingerprint density at radius 3 is 2.25 bits per heavy atom. The van der Waals surface area contributed by atoms with E-state index in [2.05, 4.69) is 0 Å². The van der Waals surface area contributed by atoms with Gasteiger partial charge in [0.2, 0.25) is 10.0 Å². The van der Waals surface area contributed by atoms with Crippen molar-refractivity contribution in [1.29, 1.82) is 0 Å². The Morgan fingerprint density at radius 1 is 1.25 bits per heavy atom. The van der Waals surface area contributed by atoms with E-state index >= 15 is 0 Å². The lowest BCUT2D eigenvalue weighted by Crippen LogP contribution is -2.36. The maximum absolute atomic E-state index is 12.5. The Hall–Kier alpha value is -1.18. The minimum absolute atomic E-state index is 0.0755. The summed E-state index contributed by atoms with van der Waals surface area (Å²) in [5.41, 5.74) is -0.789. The summed E-state index contributed by atoms with van der Waals surface area (Å²) >= 11 is 0. The second-order valence-electron chi connectivity index (χ2n) is 3.52. The van der Waals surface area contributed by atoms with Gasteiger partial charge in [-0.05, 0) is 13.0 Å². The van der Waals surface area contributed by atoms with Crippen LogP contribution in [0.2, 0.25) is 0 Å². The number of hydrogen-bond donors (Lipinski definition) is 1. The first-order valence-corrected chi connectivity index (χ1v) is 6.27. The monoisotopic (exact) mass is 252 g/mol. The highest BCUT2D eigenvalue weighted by molar-refractivity contribution is 7.92. The zero-order valence-corrected chi connectivity index (χ0v) is 9.48. The Bertz CT molecular complexity index is 498. The van der Waals surface area contributed by atoms with E-state index in [4.69, 9.17) is 0 Å². The Balaban J connectivity index is 3.18. The molecule has 0 aliphatic rings. The van der Waals surface area contributed by atoms with Crippen LogP contribution in [0, 0.1) is 6.92 Å². The molecule has 90 valence electrons. The van der Waals surface area contributed by atoms with Crippen LogP contribution in [0.1, 0.15) is 5.56 Å². The first-order valence-electron chi connectivity index (χ1n) is 4.38. The van der Waals surface area contributed by atoms with Crippen LogP contribution in [0.3, 0.4) is 0 Å². The summed E-state index contributed by atoms with van der Waals surface area (Å²) in [5.74, 6) is 0. The zero-order chi connectivity index (χ0) is 12.6. The molecule has 0 amide bonds. The molecule has 0 spiro atoms. The van der Waals surface area contributed by atoms with Gasteiger partial charge in [0.1, 0.15) is 0 Å².